The van der Waals surface area contributed by atoms with E-state index in [1.54, 1.807) is 20.3 Å². The molecule has 0 saturated heterocycles. The van der Waals surface area contributed by atoms with Gasteiger partial charge in [-0.25, -0.2) is 0 Å². The van der Waals surface area contributed by atoms with Crippen LogP contribution >= 0.6 is 0 Å². The Morgan fingerprint density at radius 3 is 2.20 bits per heavy atom. The lowest BCUT2D eigenvalue weighted by Crippen LogP contribution is -2.15. The van der Waals surface area contributed by atoms with E-state index in [1.807, 2.05) is 20.9 Å². The first-order chi connectivity index (χ1) is 7.12. The van der Waals surface area contributed by atoms with E-state index in [9.17, 15) is 0 Å². The third-order valence-corrected chi connectivity index (χ3v) is 2.25. The molecule has 84 valence electrons. The van der Waals surface area contributed by atoms with Crippen molar-refractivity contribution in [2.45, 2.75) is 13.8 Å². The Labute approximate surface area is 91.7 Å². The molecule has 0 atom stereocenters. The van der Waals surface area contributed by atoms with E-state index in [2.05, 4.69) is 15.6 Å². The number of nitrogens with one attached hydrogen (secondary N) is 3. The molecule has 4 heteroatoms. The Balaban J connectivity index is 5.27. The van der Waals surface area contributed by atoms with Gasteiger partial charge in [-0.3, -0.25) is 4.99 Å². The lowest BCUT2D eigenvalue weighted by atomic mass is 10.0. The second-order valence-electron chi connectivity index (χ2n) is 3.10. The highest BCUT2D eigenvalue weighted by Crippen LogP contribution is 2.09. The van der Waals surface area contributed by atoms with Crippen molar-refractivity contribution in [1.29, 1.82) is 5.41 Å². The fourth-order valence-electron chi connectivity index (χ4n) is 1.21. The van der Waals surface area contributed by atoms with Crippen LogP contribution in [-0.4, -0.2) is 33.1 Å². The molecular formula is C11H20N4. The van der Waals surface area contributed by atoms with Gasteiger partial charge in [0.1, 0.15) is 0 Å². The molecule has 0 aliphatic rings. The fourth-order valence-corrected chi connectivity index (χ4v) is 1.21. The molecule has 0 rings (SSSR count). The molecule has 15 heavy (non-hydrogen) atoms. The Bertz CT molecular complexity index is 307. The van der Waals surface area contributed by atoms with E-state index < -0.39 is 0 Å². The number of nitrogens with zero attached hydrogens (tertiary/aromatic N) is 1. The van der Waals surface area contributed by atoms with E-state index in [-0.39, 0.29) is 0 Å². The summed E-state index contributed by atoms with van der Waals surface area (Å²) in [4.78, 5) is 4.21. The number of hydrogen-bond donors (Lipinski definition) is 3. The quantitative estimate of drug-likeness (QED) is 0.597. The van der Waals surface area contributed by atoms with Crippen LogP contribution in [0.25, 0.3) is 0 Å². The first-order valence-electron chi connectivity index (χ1n) is 4.83. The lowest BCUT2D eigenvalue weighted by Gasteiger charge is -2.10. The maximum atomic E-state index is 7.33. The Hall–Kier alpha value is -1.58. The summed E-state index contributed by atoms with van der Waals surface area (Å²) in [7, 11) is 5.41. The van der Waals surface area contributed by atoms with Crippen LogP contribution in [-0.2, 0) is 0 Å². The van der Waals surface area contributed by atoms with Crippen molar-refractivity contribution >= 4 is 11.9 Å². The Morgan fingerprint density at radius 2 is 1.87 bits per heavy atom. The van der Waals surface area contributed by atoms with Gasteiger partial charge in [0.05, 0.1) is 5.71 Å². The summed E-state index contributed by atoms with van der Waals surface area (Å²) in [5.74, 6) is 0. The molecule has 0 fully saturated rings. The molecule has 0 aromatic heterocycles. The summed E-state index contributed by atoms with van der Waals surface area (Å²) in [6, 6.07) is 0. The summed E-state index contributed by atoms with van der Waals surface area (Å²) in [5.41, 5.74) is 3.70. The Kier molecular flexibility index (Phi) is 6.09. The molecular weight excluding hydrogens is 188 g/mol. The second kappa shape index (κ2) is 6.81. The van der Waals surface area contributed by atoms with Crippen LogP contribution in [0.5, 0.6) is 0 Å². The predicted molar refractivity (Wildman–Crippen MR) is 66.7 cm³/mol. The highest BCUT2D eigenvalue weighted by molar-refractivity contribution is 6.23. The molecule has 0 aromatic carbocycles. The smallest absolute Gasteiger partial charge is 0.0719 e. The van der Waals surface area contributed by atoms with Crippen LogP contribution in [0.15, 0.2) is 28.0 Å². The zero-order valence-corrected chi connectivity index (χ0v) is 10.1. The van der Waals surface area contributed by atoms with Crippen molar-refractivity contribution < 1.29 is 0 Å². The van der Waals surface area contributed by atoms with Gasteiger partial charge >= 0.3 is 0 Å². The number of rotatable bonds is 5. The average Bonchev–Trinajstić information content (AvgIpc) is 2.27. The van der Waals surface area contributed by atoms with Crippen LogP contribution in [0.2, 0.25) is 0 Å². The van der Waals surface area contributed by atoms with Crippen molar-refractivity contribution in [1.82, 2.24) is 10.6 Å². The maximum absolute atomic E-state index is 7.33. The van der Waals surface area contributed by atoms with Gasteiger partial charge in [0.25, 0.3) is 0 Å². The highest BCUT2D eigenvalue weighted by Gasteiger charge is 2.08. The topological polar surface area (TPSA) is 60.3 Å². The van der Waals surface area contributed by atoms with Crippen LogP contribution in [0.1, 0.15) is 13.8 Å². The third-order valence-electron chi connectivity index (χ3n) is 2.25. The Morgan fingerprint density at radius 1 is 1.27 bits per heavy atom. The first kappa shape index (κ1) is 13.4. The number of allylic oxidation sites excluding steroid dienone is 3. The third kappa shape index (κ3) is 3.58. The van der Waals surface area contributed by atoms with Crippen molar-refractivity contribution in [2.24, 2.45) is 4.99 Å². The molecule has 0 unspecified atom stereocenters. The summed E-state index contributed by atoms with van der Waals surface area (Å²) >= 11 is 0. The van der Waals surface area contributed by atoms with Crippen LogP contribution < -0.4 is 10.6 Å². The minimum atomic E-state index is 0.770. The van der Waals surface area contributed by atoms with E-state index in [0.29, 0.717) is 0 Å². The summed E-state index contributed by atoms with van der Waals surface area (Å²) in [6.45, 7) is 3.97. The molecule has 3 N–H and O–H groups in total. The highest BCUT2D eigenvalue weighted by atomic mass is 14.8. The van der Waals surface area contributed by atoms with Gasteiger partial charge in [-0.05, 0) is 19.4 Å². The monoisotopic (exact) mass is 208 g/mol. The molecule has 0 amide bonds. The zero-order valence-electron chi connectivity index (χ0n) is 10.1. The largest absolute Gasteiger partial charge is 0.393 e. The molecule has 0 aliphatic carbocycles. The fraction of sp³-hybridized carbons (Fsp3) is 0.455. The van der Waals surface area contributed by atoms with E-state index in [1.165, 1.54) is 6.21 Å². The average molecular weight is 208 g/mol. The molecule has 0 saturated carbocycles. The molecule has 0 heterocycles. The molecule has 0 bridgehead atoms. The van der Waals surface area contributed by atoms with Gasteiger partial charge in [0.2, 0.25) is 0 Å². The predicted octanol–water partition coefficient (Wildman–Crippen LogP) is 1.32. The first-order valence-corrected chi connectivity index (χ1v) is 4.83. The van der Waals surface area contributed by atoms with Gasteiger partial charge in [0, 0.05) is 44.8 Å². The van der Waals surface area contributed by atoms with Crippen LogP contribution in [0.4, 0.5) is 0 Å². The molecule has 4 nitrogen and oxygen atoms in total. The SMILES string of the molecule is C/N=C(C(/C=N)=C/NC)\C(C)=C(/C)NC. The minimum Gasteiger partial charge on any atom is -0.393 e. The zero-order chi connectivity index (χ0) is 11.8. The normalized spacial score (nSPS) is 14.5. The van der Waals surface area contributed by atoms with Crippen molar-refractivity contribution in [3.63, 3.8) is 0 Å². The number of hydrogen-bond acceptors (Lipinski definition) is 4. The number of aliphatic imine (C=N–C) groups is 1. The molecule has 0 radical (unpaired) electrons. The maximum Gasteiger partial charge on any atom is 0.0719 e. The van der Waals surface area contributed by atoms with Crippen molar-refractivity contribution in [3.05, 3.63) is 23.0 Å². The molecule has 0 aromatic rings. The van der Waals surface area contributed by atoms with Gasteiger partial charge in [-0.15, -0.1) is 0 Å². The lowest BCUT2D eigenvalue weighted by molar-refractivity contribution is 0.973. The van der Waals surface area contributed by atoms with Gasteiger partial charge in [-0.1, -0.05) is 0 Å². The molecule has 0 spiro atoms. The van der Waals surface area contributed by atoms with Crippen molar-refractivity contribution in [3.8, 4) is 0 Å². The van der Waals surface area contributed by atoms with Gasteiger partial charge in [0.15, 0.2) is 0 Å². The van der Waals surface area contributed by atoms with Crippen LogP contribution in [0.3, 0.4) is 0 Å². The standard InChI is InChI=1S/C11H20N4/c1-8(9(2)14-4)11(15-5)10(6-12)7-13-3/h6-7,12-14H,1-5H3/b9-8+,10-7+,12-6?,15-11+. The van der Waals surface area contributed by atoms with E-state index in [4.69, 9.17) is 5.41 Å². The molecule has 0 aliphatic heterocycles. The minimum absolute atomic E-state index is 0.770. The summed E-state index contributed by atoms with van der Waals surface area (Å²) < 4.78 is 0. The van der Waals surface area contributed by atoms with Gasteiger partial charge in [-0.2, -0.15) is 0 Å². The van der Waals surface area contributed by atoms with Crippen molar-refractivity contribution in [2.75, 3.05) is 21.1 Å². The van der Waals surface area contributed by atoms with Crippen LogP contribution in [0, 0.1) is 5.41 Å². The van der Waals surface area contributed by atoms with Gasteiger partial charge < -0.3 is 16.0 Å². The van der Waals surface area contributed by atoms with E-state index in [0.717, 1.165) is 22.6 Å². The second-order valence-corrected chi connectivity index (χ2v) is 3.10. The van der Waals surface area contributed by atoms with E-state index >= 15 is 0 Å². The summed E-state index contributed by atoms with van der Waals surface area (Å²) in [5, 5.41) is 13.3. The summed E-state index contributed by atoms with van der Waals surface area (Å²) in [6.07, 6.45) is 3.06.